The van der Waals surface area contributed by atoms with Crippen molar-refractivity contribution in [3.8, 4) is 11.5 Å². The molecule has 0 fully saturated rings. The number of hydrogen-bond acceptors (Lipinski definition) is 2. The number of hydrogen-bond donors (Lipinski definition) is 1. The van der Waals surface area contributed by atoms with Crippen LogP contribution < -0.4 is 10.1 Å². The maximum Gasteiger partial charge on any atom is 0.167 e. The quantitative estimate of drug-likeness (QED) is 0.747. The van der Waals surface area contributed by atoms with Crippen LogP contribution in [0.3, 0.4) is 0 Å². The van der Waals surface area contributed by atoms with Crippen LogP contribution in [0.5, 0.6) is 11.5 Å². The van der Waals surface area contributed by atoms with Gasteiger partial charge in [0.15, 0.2) is 11.6 Å². The van der Waals surface area contributed by atoms with Gasteiger partial charge in [-0.3, -0.25) is 0 Å². The monoisotopic (exact) mass is 287 g/mol. The zero-order valence-electron chi connectivity index (χ0n) is 12.7. The summed E-state index contributed by atoms with van der Waals surface area (Å²) >= 11 is 0. The van der Waals surface area contributed by atoms with Crippen LogP contribution in [0, 0.1) is 5.82 Å². The van der Waals surface area contributed by atoms with Crippen molar-refractivity contribution in [3.05, 3.63) is 59.4 Å². The van der Waals surface area contributed by atoms with Gasteiger partial charge in [0.05, 0.1) is 0 Å². The first-order chi connectivity index (χ1) is 10.2. The Bertz CT molecular complexity index is 566. The van der Waals surface area contributed by atoms with Gasteiger partial charge in [-0.1, -0.05) is 38.1 Å². The van der Waals surface area contributed by atoms with Crippen LogP contribution in [0.25, 0.3) is 0 Å². The fourth-order valence-electron chi connectivity index (χ4n) is 2.12. The molecule has 112 valence electrons. The number of halogens is 1. The molecule has 2 aromatic carbocycles. The van der Waals surface area contributed by atoms with Crippen molar-refractivity contribution in [2.45, 2.75) is 33.2 Å². The Kier molecular flexibility index (Phi) is 5.76. The smallest absolute Gasteiger partial charge is 0.167 e. The number of para-hydroxylation sites is 1. The molecule has 0 amide bonds. The molecule has 0 spiro atoms. The molecular formula is C18H22FNO. The van der Waals surface area contributed by atoms with E-state index in [9.17, 15) is 4.39 Å². The zero-order valence-corrected chi connectivity index (χ0v) is 12.7. The highest BCUT2D eigenvalue weighted by molar-refractivity contribution is 5.39. The molecule has 2 nitrogen and oxygen atoms in total. The molecule has 0 saturated heterocycles. The number of aryl methyl sites for hydroxylation is 1. The van der Waals surface area contributed by atoms with E-state index in [1.807, 2.05) is 30.3 Å². The summed E-state index contributed by atoms with van der Waals surface area (Å²) in [6, 6.07) is 12.8. The average molecular weight is 287 g/mol. The van der Waals surface area contributed by atoms with E-state index in [1.54, 1.807) is 6.07 Å². The molecule has 0 atom stereocenters. The van der Waals surface area contributed by atoms with E-state index >= 15 is 0 Å². The highest BCUT2D eigenvalue weighted by Crippen LogP contribution is 2.28. The molecule has 0 aliphatic carbocycles. The first-order valence-electron chi connectivity index (χ1n) is 7.49. The van der Waals surface area contributed by atoms with E-state index < -0.39 is 0 Å². The summed E-state index contributed by atoms with van der Waals surface area (Å²) in [4.78, 5) is 0. The van der Waals surface area contributed by atoms with E-state index in [-0.39, 0.29) is 5.82 Å². The van der Waals surface area contributed by atoms with Crippen LogP contribution in [0.2, 0.25) is 0 Å². The second-order valence-electron chi connectivity index (χ2n) is 5.00. The Hall–Kier alpha value is -1.87. The van der Waals surface area contributed by atoms with Gasteiger partial charge in [-0.05, 0) is 43.1 Å². The van der Waals surface area contributed by atoms with Crippen molar-refractivity contribution < 1.29 is 9.13 Å². The Balaban J connectivity index is 2.16. The summed E-state index contributed by atoms with van der Waals surface area (Å²) in [6.45, 7) is 5.71. The Morgan fingerprint density at radius 3 is 2.48 bits per heavy atom. The third kappa shape index (κ3) is 4.30. The summed E-state index contributed by atoms with van der Waals surface area (Å²) in [5.41, 5.74) is 2.07. The van der Waals surface area contributed by atoms with Crippen molar-refractivity contribution in [2.24, 2.45) is 0 Å². The second-order valence-corrected chi connectivity index (χ2v) is 5.00. The lowest BCUT2D eigenvalue weighted by Gasteiger charge is -2.13. The highest BCUT2D eigenvalue weighted by Gasteiger charge is 2.10. The van der Waals surface area contributed by atoms with E-state index in [1.165, 1.54) is 11.6 Å². The molecule has 2 rings (SSSR count). The summed E-state index contributed by atoms with van der Waals surface area (Å²) in [6.07, 6.45) is 2.02. The summed E-state index contributed by atoms with van der Waals surface area (Å²) in [5, 5.41) is 3.28. The molecule has 0 heterocycles. The molecule has 21 heavy (non-hydrogen) atoms. The zero-order chi connectivity index (χ0) is 15.1. The number of rotatable bonds is 7. The summed E-state index contributed by atoms with van der Waals surface area (Å²) in [5.74, 6) is 0.643. The Labute approximate surface area is 126 Å². The SMILES string of the molecule is CCCNCc1cccc(F)c1Oc1ccc(CC)cc1. The van der Waals surface area contributed by atoms with E-state index in [0.717, 1.165) is 24.9 Å². The lowest BCUT2D eigenvalue weighted by molar-refractivity contribution is 0.433. The van der Waals surface area contributed by atoms with Gasteiger partial charge in [-0.2, -0.15) is 0 Å². The molecule has 0 aromatic heterocycles. The predicted molar refractivity (Wildman–Crippen MR) is 84.3 cm³/mol. The lowest BCUT2D eigenvalue weighted by atomic mass is 10.1. The van der Waals surface area contributed by atoms with Crippen molar-refractivity contribution in [1.82, 2.24) is 5.32 Å². The fraction of sp³-hybridized carbons (Fsp3) is 0.333. The van der Waals surface area contributed by atoms with E-state index in [4.69, 9.17) is 4.74 Å². The number of nitrogens with one attached hydrogen (secondary N) is 1. The molecule has 0 aliphatic rings. The first-order valence-corrected chi connectivity index (χ1v) is 7.49. The molecule has 0 unspecified atom stereocenters. The topological polar surface area (TPSA) is 21.3 Å². The number of benzene rings is 2. The molecule has 0 bridgehead atoms. The first kappa shape index (κ1) is 15.5. The Morgan fingerprint density at radius 2 is 1.81 bits per heavy atom. The average Bonchev–Trinajstić information content (AvgIpc) is 2.51. The highest BCUT2D eigenvalue weighted by atomic mass is 19.1. The molecule has 0 radical (unpaired) electrons. The molecule has 3 heteroatoms. The van der Waals surface area contributed by atoms with Crippen LogP contribution in [-0.2, 0) is 13.0 Å². The molecule has 0 saturated carbocycles. The van der Waals surface area contributed by atoms with E-state index in [0.29, 0.717) is 18.0 Å². The third-order valence-corrected chi connectivity index (χ3v) is 3.34. The normalized spacial score (nSPS) is 10.6. The molecule has 2 aromatic rings. The molecule has 0 aliphatic heterocycles. The minimum Gasteiger partial charge on any atom is -0.454 e. The van der Waals surface area contributed by atoms with Crippen molar-refractivity contribution in [3.63, 3.8) is 0 Å². The van der Waals surface area contributed by atoms with Crippen LogP contribution in [-0.4, -0.2) is 6.54 Å². The summed E-state index contributed by atoms with van der Waals surface area (Å²) < 4.78 is 19.8. The van der Waals surface area contributed by atoms with Crippen LogP contribution in [0.1, 0.15) is 31.4 Å². The third-order valence-electron chi connectivity index (χ3n) is 3.34. The fourth-order valence-corrected chi connectivity index (χ4v) is 2.12. The summed E-state index contributed by atoms with van der Waals surface area (Å²) in [7, 11) is 0. The van der Waals surface area contributed by atoms with Gasteiger partial charge in [-0.25, -0.2) is 4.39 Å². The largest absolute Gasteiger partial charge is 0.454 e. The Morgan fingerprint density at radius 1 is 1.05 bits per heavy atom. The van der Waals surface area contributed by atoms with E-state index in [2.05, 4.69) is 19.2 Å². The lowest BCUT2D eigenvalue weighted by Crippen LogP contribution is -2.14. The van der Waals surface area contributed by atoms with Gasteiger partial charge in [0, 0.05) is 12.1 Å². The standard InChI is InChI=1S/C18H22FNO/c1-3-12-20-13-15-6-5-7-17(19)18(15)21-16-10-8-14(4-2)9-11-16/h5-11,20H,3-4,12-13H2,1-2H3. The van der Waals surface area contributed by atoms with Crippen LogP contribution in [0.4, 0.5) is 4.39 Å². The van der Waals surface area contributed by atoms with Crippen molar-refractivity contribution in [2.75, 3.05) is 6.54 Å². The number of ether oxygens (including phenoxy) is 1. The van der Waals surface area contributed by atoms with Gasteiger partial charge in [0.2, 0.25) is 0 Å². The minimum absolute atomic E-state index is 0.311. The molecule has 1 N–H and O–H groups in total. The van der Waals surface area contributed by atoms with Gasteiger partial charge in [-0.15, -0.1) is 0 Å². The maximum atomic E-state index is 14.0. The predicted octanol–water partition coefficient (Wildman–Crippen LogP) is 4.68. The van der Waals surface area contributed by atoms with Gasteiger partial charge in [0.1, 0.15) is 5.75 Å². The van der Waals surface area contributed by atoms with Gasteiger partial charge >= 0.3 is 0 Å². The van der Waals surface area contributed by atoms with Crippen molar-refractivity contribution in [1.29, 1.82) is 0 Å². The van der Waals surface area contributed by atoms with Gasteiger partial charge < -0.3 is 10.1 Å². The maximum absolute atomic E-state index is 14.0. The molecular weight excluding hydrogens is 265 g/mol. The van der Waals surface area contributed by atoms with Gasteiger partial charge in [0.25, 0.3) is 0 Å². The van der Waals surface area contributed by atoms with Crippen LogP contribution >= 0.6 is 0 Å². The minimum atomic E-state index is -0.328. The second kappa shape index (κ2) is 7.79. The van der Waals surface area contributed by atoms with Crippen LogP contribution in [0.15, 0.2) is 42.5 Å². The van der Waals surface area contributed by atoms with Crippen molar-refractivity contribution >= 4 is 0 Å².